The predicted molar refractivity (Wildman–Crippen MR) is 110 cm³/mol. The van der Waals surface area contributed by atoms with Gasteiger partial charge in [-0.3, -0.25) is 9.69 Å². The van der Waals surface area contributed by atoms with Gasteiger partial charge in [-0.1, -0.05) is 19.1 Å². The Kier molecular flexibility index (Phi) is 5.09. The minimum absolute atomic E-state index is 0.00989. The second-order valence-electron chi connectivity index (χ2n) is 7.18. The summed E-state index contributed by atoms with van der Waals surface area (Å²) in [5.41, 5.74) is 3.53. The van der Waals surface area contributed by atoms with Crippen LogP contribution in [0.5, 0.6) is 0 Å². The summed E-state index contributed by atoms with van der Waals surface area (Å²) >= 11 is 0. The maximum atomic E-state index is 12.1. The van der Waals surface area contributed by atoms with E-state index in [-0.39, 0.29) is 5.56 Å². The minimum Gasteiger partial charge on any atom is -0.354 e. The van der Waals surface area contributed by atoms with E-state index in [4.69, 9.17) is 5.26 Å². The first-order valence-corrected chi connectivity index (χ1v) is 9.64. The van der Waals surface area contributed by atoms with Gasteiger partial charge >= 0.3 is 0 Å². The zero-order valence-electron chi connectivity index (χ0n) is 16.0. The third-order valence-corrected chi connectivity index (χ3v) is 5.35. The molecule has 0 unspecified atom stereocenters. The summed E-state index contributed by atoms with van der Waals surface area (Å²) in [5.74, 6) is 0.925. The van der Waals surface area contributed by atoms with Crippen molar-refractivity contribution in [1.29, 1.82) is 5.26 Å². The molecule has 3 aromatic rings. The first-order chi connectivity index (χ1) is 13.7. The molecule has 0 radical (unpaired) electrons. The number of anilines is 1. The molecular formula is C22H23N5O. The third kappa shape index (κ3) is 3.75. The van der Waals surface area contributed by atoms with Crippen molar-refractivity contribution in [2.75, 3.05) is 31.1 Å². The van der Waals surface area contributed by atoms with Gasteiger partial charge in [-0.2, -0.15) is 5.26 Å². The fourth-order valence-corrected chi connectivity index (χ4v) is 3.69. The molecule has 6 nitrogen and oxygen atoms in total. The first kappa shape index (κ1) is 18.2. The molecule has 1 aliphatic heterocycles. The van der Waals surface area contributed by atoms with E-state index >= 15 is 0 Å². The molecule has 28 heavy (non-hydrogen) atoms. The maximum absolute atomic E-state index is 12.1. The lowest BCUT2D eigenvalue weighted by atomic mass is 10.1. The standard InChI is InChI=1S/C22H23N5O/c1-2-18-12-19-5-3-16(11-20(19)25-22(18)28)15-26-7-9-27(10-8-26)21-6-4-17(13-23)14-24-21/h3-6,11-12,14H,2,7-10,15H2,1H3,(H,25,28). The molecule has 6 heteroatoms. The third-order valence-electron chi connectivity index (χ3n) is 5.35. The van der Waals surface area contributed by atoms with E-state index in [0.717, 1.165) is 61.4 Å². The van der Waals surface area contributed by atoms with Crippen LogP contribution in [0.25, 0.3) is 10.9 Å². The van der Waals surface area contributed by atoms with E-state index in [1.165, 1.54) is 5.56 Å². The van der Waals surface area contributed by atoms with E-state index in [1.54, 1.807) is 6.20 Å². The van der Waals surface area contributed by atoms with Crippen LogP contribution in [0.2, 0.25) is 0 Å². The van der Waals surface area contributed by atoms with Crippen molar-refractivity contribution < 1.29 is 0 Å². The highest BCUT2D eigenvalue weighted by molar-refractivity contribution is 5.79. The second-order valence-corrected chi connectivity index (χ2v) is 7.18. The number of H-pyrrole nitrogens is 1. The zero-order valence-corrected chi connectivity index (χ0v) is 16.0. The lowest BCUT2D eigenvalue weighted by Gasteiger charge is -2.35. The van der Waals surface area contributed by atoms with Gasteiger partial charge in [0.2, 0.25) is 0 Å². The summed E-state index contributed by atoms with van der Waals surface area (Å²) in [6.45, 7) is 6.57. The zero-order chi connectivity index (χ0) is 19.5. The van der Waals surface area contributed by atoms with Crippen LogP contribution in [0.15, 0.2) is 47.4 Å². The SMILES string of the molecule is CCc1cc2ccc(CN3CCN(c4ccc(C#N)cn4)CC3)cc2[nH]c1=O. The van der Waals surface area contributed by atoms with Gasteiger partial charge in [0.05, 0.1) is 5.56 Å². The molecule has 3 heterocycles. The maximum Gasteiger partial charge on any atom is 0.251 e. The number of fused-ring (bicyclic) bond motifs is 1. The summed E-state index contributed by atoms with van der Waals surface area (Å²) in [5, 5.41) is 9.97. The van der Waals surface area contributed by atoms with Gasteiger partial charge in [0, 0.05) is 50.0 Å². The van der Waals surface area contributed by atoms with Crippen molar-refractivity contribution in [3.8, 4) is 6.07 Å². The Hall–Kier alpha value is -3.17. The molecule has 142 valence electrons. The number of nitriles is 1. The Morgan fingerprint density at radius 2 is 1.96 bits per heavy atom. The molecule has 0 saturated carbocycles. The van der Waals surface area contributed by atoms with E-state index in [0.29, 0.717) is 5.56 Å². The lowest BCUT2D eigenvalue weighted by molar-refractivity contribution is 0.249. The minimum atomic E-state index is 0.00989. The molecular weight excluding hydrogens is 350 g/mol. The van der Waals surface area contributed by atoms with Crippen molar-refractivity contribution in [3.63, 3.8) is 0 Å². The van der Waals surface area contributed by atoms with Crippen LogP contribution < -0.4 is 10.5 Å². The van der Waals surface area contributed by atoms with E-state index < -0.39 is 0 Å². The first-order valence-electron chi connectivity index (χ1n) is 9.64. The highest BCUT2D eigenvalue weighted by atomic mass is 16.1. The number of aromatic amines is 1. The number of aryl methyl sites for hydroxylation is 1. The molecule has 0 bridgehead atoms. The van der Waals surface area contributed by atoms with Crippen LogP contribution in [0.4, 0.5) is 5.82 Å². The Bertz CT molecular complexity index is 1070. The molecule has 1 saturated heterocycles. The Labute approximate surface area is 164 Å². The molecule has 4 rings (SSSR count). The molecule has 1 aliphatic rings. The lowest BCUT2D eigenvalue weighted by Crippen LogP contribution is -2.46. The predicted octanol–water partition coefficient (Wildman–Crippen LogP) is 2.68. The van der Waals surface area contributed by atoms with Gasteiger partial charge in [0.15, 0.2) is 0 Å². The van der Waals surface area contributed by atoms with Gasteiger partial charge in [-0.15, -0.1) is 0 Å². The highest BCUT2D eigenvalue weighted by Gasteiger charge is 2.18. The monoisotopic (exact) mass is 373 g/mol. The summed E-state index contributed by atoms with van der Waals surface area (Å²) < 4.78 is 0. The summed E-state index contributed by atoms with van der Waals surface area (Å²) in [6.07, 6.45) is 2.37. The average Bonchev–Trinajstić information content (AvgIpc) is 2.74. The fraction of sp³-hybridized carbons (Fsp3) is 0.318. The molecule has 1 fully saturated rings. The number of hydrogen-bond acceptors (Lipinski definition) is 5. The number of hydrogen-bond donors (Lipinski definition) is 1. The number of piperazine rings is 1. The van der Waals surface area contributed by atoms with E-state index in [1.807, 2.05) is 25.1 Å². The van der Waals surface area contributed by atoms with Crippen LogP contribution in [0, 0.1) is 11.3 Å². The normalized spacial score (nSPS) is 14.9. The summed E-state index contributed by atoms with van der Waals surface area (Å²) in [4.78, 5) is 24.2. The van der Waals surface area contributed by atoms with Crippen LogP contribution in [-0.2, 0) is 13.0 Å². The number of pyridine rings is 2. The molecule has 0 atom stereocenters. The molecule has 1 aromatic carbocycles. The van der Waals surface area contributed by atoms with Crippen LogP contribution in [0.1, 0.15) is 23.6 Å². The van der Waals surface area contributed by atoms with Crippen molar-refractivity contribution >= 4 is 16.7 Å². The number of nitrogens with zero attached hydrogens (tertiary/aromatic N) is 4. The topological polar surface area (TPSA) is 76.0 Å². The molecule has 0 spiro atoms. The Balaban J connectivity index is 1.41. The van der Waals surface area contributed by atoms with Gasteiger partial charge in [-0.25, -0.2) is 4.98 Å². The summed E-state index contributed by atoms with van der Waals surface area (Å²) in [7, 11) is 0. The Morgan fingerprint density at radius 3 is 2.64 bits per heavy atom. The van der Waals surface area contributed by atoms with Crippen molar-refractivity contribution in [3.05, 3.63) is 69.6 Å². The largest absolute Gasteiger partial charge is 0.354 e. The number of rotatable bonds is 4. The van der Waals surface area contributed by atoms with Crippen LogP contribution in [0.3, 0.4) is 0 Å². The fourth-order valence-electron chi connectivity index (χ4n) is 3.69. The molecule has 0 aliphatic carbocycles. The van der Waals surface area contributed by atoms with Crippen molar-refractivity contribution in [2.24, 2.45) is 0 Å². The molecule has 2 aromatic heterocycles. The van der Waals surface area contributed by atoms with Crippen molar-refractivity contribution in [1.82, 2.24) is 14.9 Å². The van der Waals surface area contributed by atoms with Gasteiger partial charge in [0.1, 0.15) is 11.9 Å². The molecule has 0 amide bonds. The van der Waals surface area contributed by atoms with Gasteiger partial charge < -0.3 is 9.88 Å². The Morgan fingerprint density at radius 1 is 1.14 bits per heavy atom. The molecule has 1 N–H and O–H groups in total. The van der Waals surface area contributed by atoms with Gasteiger partial charge in [0.25, 0.3) is 5.56 Å². The highest BCUT2D eigenvalue weighted by Crippen LogP contribution is 2.18. The average molecular weight is 373 g/mol. The van der Waals surface area contributed by atoms with Crippen LogP contribution in [-0.4, -0.2) is 41.0 Å². The van der Waals surface area contributed by atoms with E-state index in [9.17, 15) is 4.79 Å². The smallest absolute Gasteiger partial charge is 0.251 e. The number of benzene rings is 1. The van der Waals surface area contributed by atoms with Gasteiger partial charge in [-0.05, 0) is 41.6 Å². The second kappa shape index (κ2) is 7.83. The van der Waals surface area contributed by atoms with E-state index in [2.05, 4.69) is 44.0 Å². The number of aromatic nitrogens is 2. The summed E-state index contributed by atoms with van der Waals surface area (Å²) in [6, 6.07) is 14.1. The van der Waals surface area contributed by atoms with Crippen LogP contribution >= 0.6 is 0 Å². The number of nitrogens with one attached hydrogen (secondary N) is 1. The van der Waals surface area contributed by atoms with Crippen molar-refractivity contribution in [2.45, 2.75) is 19.9 Å². The quantitative estimate of drug-likeness (QED) is 0.761.